The van der Waals surface area contributed by atoms with Crippen molar-refractivity contribution in [3.05, 3.63) is 29.8 Å². The molecule has 0 spiro atoms. The van der Waals surface area contributed by atoms with Gasteiger partial charge in [-0.3, -0.25) is 9.59 Å². The van der Waals surface area contributed by atoms with Gasteiger partial charge in [-0.2, -0.15) is 0 Å². The Morgan fingerprint density at radius 1 is 1.05 bits per heavy atom. The molecule has 0 unspecified atom stereocenters. The van der Waals surface area contributed by atoms with Crippen molar-refractivity contribution >= 4 is 22.8 Å². The van der Waals surface area contributed by atoms with E-state index < -0.39 is 0 Å². The number of amides is 1. The highest BCUT2D eigenvalue weighted by Crippen LogP contribution is 2.16. The van der Waals surface area contributed by atoms with Crippen LogP contribution in [0.4, 0.5) is 0 Å². The third-order valence-corrected chi connectivity index (χ3v) is 4.38. The third kappa shape index (κ3) is 8.72. The van der Waals surface area contributed by atoms with Crippen molar-refractivity contribution < 1.29 is 14.3 Å². The molecule has 0 fully saturated rings. The van der Waals surface area contributed by atoms with Crippen molar-refractivity contribution in [2.24, 2.45) is 5.73 Å². The van der Waals surface area contributed by atoms with Gasteiger partial charge in [-0.15, -0.1) is 0 Å². The van der Waals surface area contributed by atoms with Crippen LogP contribution in [0.3, 0.4) is 0 Å². The summed E-state index contributed by atoms with van der Waals surface area (Å²) < 4.78 is 5.10. The summed E-state index contributed by atoms with van der Waals surface area (Å²) in [7, 11) is 1.64. The summed E-state index contributed by atoms with van der Waals surface area (Å²) >= 11 is 1.41. The van der Waals surface area contributed by atoms with Gasteiger partial charge in [-0.1, -0.05) is 36.7 Å². The Morgan fingerprint density at radius 3 is 2.36 bits per heavy atom. The number of aryl methyl sites for hydroxylation is 1. The lowest BCUT2D eigenvalue weighted by atomic mass is 10.1. The molecule has 0 heterocycles. The number of rotatable bonds is 11. The highest BCUT2D eigenvalue weighted by molar-refractivity contribution is 8.13. The second-order valence-electron chi connectivity index (χ2n) is 5.20. The molecule has 1 rings (SSSR count). The van der Waals surface area contributed by atoms with Crippen molar-refractivity contribution in [1.29, 1.82) is 0 Å². The minimum Gasteiger partial charge on any atom is -0.497 e. The predicted octanol–water partition coefficient (Wildman–Crippen LogP) is 3.32. The second-order valence-corrected chi connectivity index (χ2v) is 6.35. The van der Waals surface area contributed by atoms with Crippen LogP contribution in [-0.2, 0) is 16.0 Å². The van der Waals surface area contributed by atoms with E-state index in [4.69, 9.17) is 10.5 Å². The molecule has 0 aliphatic rings. The lowest BCUT2D eigenvalue weighted by Crippen LogP contribution is -2.09. The van der Waals surface area contributed by atoms with E-state index in [2.05, 4.69) is 0 Å². The van der Waals surface area contributed by atoms with Gasteiger partial charge in [-0.05, 0) is 37.0 Å². The Bertz CT molecular complexity index is 459. The van der Waals surface area contributed by atoms with Crippen LogP contribution in [0.5, 0.6) is 5.75 Å². The molecule has 2 N–H and O–H groups in total. The number of nitrogens with two attached hydrogens (primary N) is 1. The molecule has 0 aromatic heterocycles. The first-order valence-electron chi connectivity index (χ1n) is 7.68. The molecule has 1 aromatic rings. The van der Waals surface area contributed by atoms with Crippen LogP contribution in [0.25, 0.3) is 0 Å². The highest BCUT2D eigenvalue weighted by Gasteiger charge is 2.04. The maximum absolute atomic E-state index is 11.8. The molecule has 22 heavy (non-hydrogen) atoms. The number of methoxy groups -OCH3 is 1. The van der Waals surface area contributed by atoms with Gasteiger partial charge in [0.25, 0.3) is 0 Å². The first kappa shape index (κ1) is 18.6. The average Bonchev–Trinajstić information content (AvgIpc) is 2.52. The number of thioether (sulfide) groups is 1. The zero-order valence-electron chi connectivity index (χ0n) is 13.2. The zero-order chi connectivity index (χ0) is 16.2. The first-order valence-corrected chi connectivity index (χ1v) is 8.67. The Kier molecular flexibility index (Phi) is 9.39. The van der Waals surface area contributed by atoms with Crippen LogP contribution in [0, 0.1) is 0 Å². The summed E-state index contributed by atoms with van der Waals surface area (Å²) in [5.74, 6) is 1.46. The van der Waals surface area contributed by atoms with E-state index in [9.17, 15) is 9.59 Å². The van der Waals surface area contributed by atoms with E-state index in [1.165, 1.54) is 11.8 Å². The Hall–Kier alpha value is -1.49. The van der Waals surface area contributed by atoms with Gasteiger partial charge in [0.15, 0.2) is 5.12 Å². The minimum atomic E-state index is -0.233. The molecular formula is C17H25NO3S. The summed E-state index contributed by atoms with van der Waals surface area (Å²) in [6, 6.07) is 7.82. The summed E-state index contributed by atoms with van der Waals surface area (Å²) in [5, 5.41) is 0.243. The number of benzene rings is 1. The van der Waals surface area contributed by atoms with Gasteiger partial charge >= 0.3 is 0 Å². The second kappa shape index (κ2) is 11.1. The number of ether oxygens (including phenoxy) is 1. The van der Waals surface area contributed by atoms with Crippen molar-refractivity contribution in [2.45, 2.75) is 44.9 Å². The lowest BCUT2D eigenvalue weighted by Gasteiger charge is -2.04. The van der Waals surface area contributed by atoms with E-state index in [1.54, 1.807) is 7.11 Å². The SMILES string of the molecule is COc1ccc(CCC(=O)SCCCCCCC(N)=O)cc1. The van der Waals surface area contributed by atoms with Crippen LogP contribution in [0.2, 0.25) is 0 Å². The number of unbranched alkanes of at least 4 members (excludes halogenated alkanes) is 3. The largest absolute Gasteiger partial charge is 0.497 e. The number of hydrogen-bond donors (Lipinski definition) is 1. The van der Waals surface area contributed by atoms with E-state index in [0.717, 1.165) is 49.2 Å². The minimum absolute atomic E-state index is 0.233. The zero-order valence-corrected chi connectivity index (χ0v) is 14.0. The number of primary amides is 1. The van der Waals surface area contributed by atoms with E-state index >= 15 is 0 Å². The van der Waals surface area contributed by atoms with Crippen molar-refractivity contribution in [3.63, 3.8) is 0 Å². The summed E-state index contributed by atoms with van der Waals surface area (Å²) in [4.78, 5) is 22.4. The molecule has 0 atom stereocenters. The van der Waals surface area contributed by atoms with Crippen molar-refractivity contribution in [3.8, 4) is 5.75 Å². The molecule has 0 bridgehead atoms. The van der Waals surface area contributed by atoms with Gasteiger partial charge in [0.1, 0.15) is 5.75 Å². The quantitative estimate of drug-likeness (QED) is 0.634. The molecule has 0 saturated carbocycles. The van der Waals surface area contributed by atoms with Crippen LogP contribution in [-0.4, -0.2) is 23.9 Å². The topological polar surface area (TPSA) is 69.4 Å². The Morgan fingerprint density at radius 2 is 1.73 bits per heavy atom. The van der Waals surface area contributed by atoms with E-state index in [-0.39, 0.29) is 11.0 Å². The maximum atomic E-state index is 11.8. The molecule has 122 valence electrons. The summed E-state index contributed by atoms with van der Waals surface area (Å²) in [5.41, 5.74) is 6.23. The fourth-order valence-electron chi connectivity index (χ4n) is 2.05. The van der Waals surface area contributed by atoms with Crippen molar-refractivity contribution in [1.82, 2.24) is 0 Å². The summed E-state index contributed by atoms with van der Waals surface area (Å²) in [6.45, 7) is 0. The Labute approximate surface area is 136 Å². The molecule has 0 radical (unpaired) electrons. The fourth-order valence-corrected chi connectivity index (χ4v) is 2.87. The lowest BCUT2D eigenvalue weighted by molar-refractivity contribution is -0.118. The molecular weight excluding hydrogens is 298 g/mol. The van der Waals surface area contributed by atoms with Crippen LogP contribution in [0.15, 0.2) is 24.3 Å². The highest BCUT2D eigenvalue weighted by atomic mass is 32.2. The smallest absolute Gasteiger partial charge is 0.217 e. The van der Waals surface area contributed by atoms with Crippen molar-refractivity contribution in [2.75, 3.05) is 12.9 Å². The fraction of sp³-hybridized carbons (Fsp3) is 0.529. The van der Waals surface area contributed by atoms with Crippen LogP contribution < -0.4 is 10.5 Å². The first-order chi connectivity index (χ1) is 10.6. The molecule has 5 heteroatoms. The third-order valence-electron chi connectivity index (χ3n) is 3.36. The van der Waals surface area contributed by atoms with Gasteiger partial charge < -0.3 is 10.5 Å². The maximum Gasteiger partial charge on any atom is 0.217 e. The van der Waals surface area contributed by atoms with Gasteiger partial charge in [-0.25, -0.2) is 0 Å². The predicted molar refractivity (Wildman–Crippen MR) is 91.1 cm³/mol. The standard InChI is InChI=1S/C17H25NO3S/c1-21-15-10-7-14(8-11-15)9-12-17(20)22-13-5-3-2-4-6-16(18)19/h7-8,10-11H,2-6,9,12-13H2,1H3,(H2,18,19). The van der Waals surface area contributed by atoms with Crippen LogP contribution >= 0.6 is 11.8 Å². The van der Waals surface area contributed by atoms with Gasteiger partial charge in [0.05, 0.1) is 7.11 Å². The number of carbonyl (C=O) groups excluding carboxylic acids is 2. The van der Waals surface area contributed by atoms with E-state index in [1.807, 2.05) is 24.3 Å². The normalized spacial score (nSPS) is 10.4. The molecule has 1 amide bonds. The monoisotopic (exact) mass is 323 g/mol. The molecule has 1 aromatic carbocycles. The number of hydrogen-bond acceptors (Lipinski definition) is 4. The number of carbonyl (C=O) groups is 2. The molecule has 4 nitrogen and oxygen atoms in total. The van der Waals surface area contributed by atoms with Gasteiger partial charge in [0, 0.05) is 18.6 Å². The molecule has 0 aliphatic carbocycles. The van der Waals surface area contributed by atoms with E-state index in [0.29, 0.717) is 12.8 Å². The summed E-state index contributed by atoms with van der Waals surface area (Å²) in [6.07, 6.45) is 5.72. The van der Waals surface area contributed by atoms with Crippen LogP contribution in [0.1, 0.15) is 44.1 Å². The Balaban J connectivity index is 2.04. The molecule has 0 saturated heterocycles. The van der Waals surface area contributed by atoms with Gasteiger partial charge in [0.2, 0.25) is 5.91 Å². The average molecular weight is 323 g/mol. The molecule has 0 aliphatic heterocycles.